The molecule has 1 unspecified atom stereocenters. The van der Waals surface area contributed by atoms with Gasteiger partial charge in [0.25, 0.3) is 0 Å². The SMILES string of the molecule is COc1ccc(-c2csc3ncnc(SC(C)C(=O)Nc4cc(OC)ccc4OC)c23)cc1. The number of thioether (sulfide) groups is 1. The molecule has 0 radical (unpaired) electrons. The topological polar surface area (TPSA) is 82.6 Å². The number of fused-ring (bicyclic) bond motifs is 1. The van der Waals surface area contributed by atoms with Crippen molar-refractivity contribution in [1.29, 1.82) is 0 Å². The number of nitrogens with one attached hydrogen (secondary N) is 1. The Bertz CT molecular complexity index is 1270. The normalized spacial score (nSPS) is 11.8. The molecule has 0 aliphatic rings. The number of ether oxygens (including phenoxy) is 3. The predicted octanol–water partition coefficient (Wildman–Crippen LogP) is 5.50. The Morgan fingerprint density at radius 2 is 1.73 bits per heavy atom. The van der Waals surface area contributed by atoms with Gasteiger partial charge in [-0.3, -0.25) is 4.79 Å². The lowest BCUT2D eigenvalue weighted by Gasteiger charge is -2.15. The highest BCUT2D eigenvalue weighted by atomic mass is 32.2. The molecule has 9 heteroatoms. The van der Waals surface area contributed by atoms with Crippen molar-refractivity contribution in [3.63, 3.8) is 0 Å². The number of carbonyl (C=O) groups is 1. The van der Waals surface area contributed by atoms with E-state index in [2.05, 4.69) is 20.7 Å². The number of rotatable bonds is 8. The van der Waals surface area contributed by atoms with Crippen molar-refractivity contribution in [1.82, 2.24) is 9.97 Å². The standard InChI is InChI=1S/C24H23N3O4S2/c1-14(22(28)27-19-11-17(30-3)9-10-20(19)31-4)33-24-21-18(12-32-23(21)25-13-26-24)15-5-7-16(29-2)8-6-15/h5-14H,1-4H3,(H,27,28). The maximum atomic E-state index is 13.0. The Balaban J connectivity index is 1.60. The molecule has 0 saturated heterocycles. The monoisotopic (exact) mass is 481 g/mol. The fourth-order valence-electron chi connectivity index (χ4n) is 3.29. The van der Waals surface area contributed by atoms with Gasteiger partial charge in [-0.25, -0.2) is 9.97 Å². The van der Waals surface area contributed by atoms with E-state index in [0.29, 0.717) is 17.2 Å². The average Bonchev–Trinajstić information content (AvgIpc) is 3.29. The summed E-state index contributed by atoms with van der Waals surface area (Å²) in [6.45, 7) is 1.85. The third-order valence-electron chi connectivity index (χ3n) is 5.06. The van der Waals surface area contributed by atoms with E-state index in [1.54, 1.807) is 50.9 Å². The van der Waals surface area contributed by atoms with Gasteiger partial charge >= 0.3 is 0 Å². The van der Waals surface area contributed by atoms with Crippen LogP contribution in [0.25, 0.3) is 21.3 Å². The van der Waals surface area contributed by atoms with Crippen molar-refractivity contribution in [2.45, 2.75) is 17.2 Å². The van der Waals surface area contributed by atoms with Gasteiger partial charge in [0.2, 0.25) is 5.91 Å². The summed E-state index contributed by atoms with van der Waals surface area (Å²) < 4.78 is 15.9. The Labute approximate surface area is 200 Å². The lowest BCUT2D eigenvalue weighted by molar-refractivity contribution is -0.115. The van der Waals surface area contributed by atoms with Gasteiger partial charge in [-0.05, 0) is 36.8 Å². The van der Waals surface area contributed by atoms with Crippen molar-refractivity contribution in [2.24, 2.45) is 0 Å². The molecule has 4 rings (SSSR count). The minimum absolute atomic E-state index is 0.167. The van der Waals surface area contributed by atoms with Gasteiger partial charge in [0, 0.05) is 17.0 Å². The van der Waals surface area contributed by atoms with E-state index in [4.69, 9.17) is 14.2 Å². The van der Waals surface area contributed by atoms with Gasteiger partial charge in [-0.1, -0.05) is 23.9 Å². The number of hydrogen-bond donors (Lipinski definition) is 1. The van der Waals surface area contributed by atoms with Crippen LogP contribution in [0.1, 0.15) is 6.92 Å². The maximum absolute atomic E-state index is 13.0. The first-order valence-electron chi connectivity index (χ1n) is 10.1. The number of thiophene rings is 1. The van der Waals surface area contributed by atoms with Crippen LogP contribution in [0.15, 0.2) is 59.2 Å². The van der Waals surface area contributed by atoms with Gasteiger partial charge in [-0.15, -0.1) is 11.3 Å². The Kier molecular flexibility index (Phi) is 7.00. The summed E-state index contributed by atoms with van der Waals surface area (Å²) >= 11 is 2.95. The number of amides is 1. The molecule has 0 bridgehead atoms. The largest absolute Gasteiger partial charge is 0.497 e. The van der Waals surface area contributed by atoms with Crippen molar-refractivity contribution in [2.75, 3.05) is 26.6 Å². The van der Waals surface area contributed by atoms with Crippen LogP contribution >= 0.6 is 23.1 Å². The zero-order chi connectivity index (χ0) is 23.4. The fraction of sp³-hybridized carbons (Fsp3) is 0.208. The number of methoxy groups -OCH3 is 3. The first-order valence-corrected chi connectivity index (χ1v) is 11.9. The minimum atomic E-state index is -0.414. The van der Waals surface area contributed by atoms with Crippen LogP contribution in [0, 0.1) is 0 Å². The zero-order valence-electron chi connectivity index (χ0n) is 18.6. The number of anilines is 1. The van der Waals surface area contributed by atoms with Gasteiger partial charge in [0.15, 0.2) is 0 Å². The van der Waals surface area contributed by atoms with Crippen LogP contribution in [-0.4, -0.2) is 42.5 Å². The lowest BCUT2D eigenvalue weighted by Crippen LogP contribution is -2.22. The van der Waals surface area contributed by atoms with Crippen molar-refractivity contribution < 1.29 is 19.0 Å². The number of carbonyl (C=O) groups excluding carboxylic acids is 1. The second-order valence-electron chi connectivity index (χ2n) is 7.05. The maximum Gasteiger partial charge on any atom is 0.237 e. The number of aromatic nitrogens is 2. The molecule has 2 heterocycles. The fourth-order valence-corrected chi connectivity index (χ4v) is 5.20. The summed E-state index contributed by atoms with van der Waals surface area (Å²) in [5, 5.41) is 6.29. The average molecular weight is 482 g/mol. The zero-order valence-corrected chi connectivity index (χ0v) is 20.3. The highest BCUT2D eigenvalue weighted by Gasteiger charge is 2.21. The molecular weight excluding hydrogens is 458 g/mol. The quantitative estimate of drug-likeness (QED) is 0.263. The van der Waals surface area contributed by atoms with Gasteiger partial charge in [0.05, 0.1) is 37.7 Å². The van der Waals surface area contributed by atoms with E-state index < -0.39 is 5.25 Å². The number of nitrogens with zero attached hydrogens (tertiary/aromatic N) is 2. The molecule has 4 aromatic rings. The molecule has 2 aromatic carbocycles. The van der Waals surface area contributed by atoms with Crippen LogP contribution in [0.4, 0.5) is 5.69 Å². The van der Waals surface area contributed by atoms with E-state index in [9.17, 15) is 4.79 Å². The molecule has 2 aromatic heterocycles. The summed E-state index contributed by atoms with van der Waals surface area (Å²) in [4.78, 5) is 22.8. The Morgan fingerprint density at radius 3 is 2.42 bits per heavy atom. The third kappa shape index (κ3) is 4.89. The molecule has 0 spiro atoms. The van der Waals surface area contributed by atoms with E-state index in [-0.39, 0.29) is 5.91 Å². The van der Waals surface area contributed by atoms with Crippen LogP contribution in [-0.2, 0) is 4.79 Å². The van der Waals surface area contributed by atoms with E-state index in [0.717, 1.165) is 32.1 Å². The van der Waals surface area contributed by atoms with Gasteiger partial charge in [-0.2, -0.15) is 0 Å². The number of benzene rings is 2. The van der Waals surface area contributed by atoms with E-state index >= 15 is 0 Å². The Morgan fingerprint density at radius 1 is 1.00 bits per heavy atom. The van der Waals surface area contributed by atoms with Crippen LogP contribution in [0.5, 0.6) is 17.2 Å². The summed E-state index contributed by atoms with van der Waals surface area (Å²) in [7, 11) is 4.78. The van der Waals surface area contributed by atoms with Crippen molar-refractivity contribution in [3.8, 4) is 28.4 Å². The van der Waals surface area contributed by atoms with E-state index in [1.807, 2.05) is 31.2 Å². The minimum Gasteiger partial charge on any atom is -0.497 e. The molecule has 0 aliphatic carbocycles. The van der Waals surface area contributed by atoms with Gasteiger partial charge < -0.3 is 19.5 Å². The molecule has 1 N–H and O–H groups in total. The molecule has 170 valence electrons. The summed E-state index contributed by atoms with van der Waals surface area (Å²) in [5.74, 6) is 1.82. The smallest absolute Gasteiger partial charge is 0.237 e. The lowest BCUT2D eigenvalue weighted by atomic mass is 10.1. The highest BCUT2D eigenvalue weighted by molar-refractivity contribution is 8.00. The molecular formula is C24H23N3O4S2. The van der Waals surface area contributed by atoms with Gasteiger partial charge in [0.1, 0.15) is 33.4 Å². The first-order chi connectivity index (χ1) is 16.0. The summed E-state index contributed by atoms with van der Waals surface area (Å²) in [6, 6.07) is 13.1. The second-order valence-corrected chi connectivity index (χ2v) is 9.24. The van der Waals surface area contributed by atoms with Crippen LogP contribution in [0.3, 0.4) is 0 Å². The summed E-state index contributed by atoms with van der Waals surface area (Å²) in [5.41, 5.74) is 2.62. The van der Waals surface area contributed by atoms with E-state index in [1.165, 1.54) is 18.1 Å². The third-order valence-corrected chi connectivity index (χ3v) is 7.05. The molecule has 0 saturated carbocycles. The number of hydrogen-bond acceptors (Lipinski definition) is 8. The van der Waals surface area contributed by atoms with Crippen molar-refractivity contribution >= 4 is 44.9 Å². The second kappa shape index (κ2) is 10.1. The van der Waals surface area contributed by atoms with Crippen molar-refractivity contribution in [3.05, 3.63) is 54.2 Å². The Hall–Kier alpha value is -3.30. The molecule has 7 nitrogen and oxygen atoms in total. The molecule has 0 aliphatic heterocycles. The molecule has 0 fully saturated rings. The highest BCUT2D eigenvalue weighted by Crippen LogP contribution is 2.39. The first kappa shape index (κ1) is 22.9. The van der Waals surface area contributed by atoms with Crippen LogP contribution < -0.4 is 19.5 Å². The molecule has 33 heavy (non-hydrogen) atoms. The molecule has 1 amide bonds. The van der Waals surface area contributed by atoms with Crippen LogP contribution in [0.2, 0.25) is 0 Å². The molecule has 1 atom stereocenters. The summed E-state index contributed by atoms with van der Waals surface area (Å²) in [6.07, 6.45) is 1.54. The predicted molar refractivity (Wildman–Crippen MR) is 133 cm³/mol.